The standard InChI is InChI=1S/C11H13NO2/c1-6-3-7(2)10-8(4-6)9(5-12-10)11(13)14/h3-4,9,12H,5H2,1-2H3,(H,13,14). The first kappa shape index (κ1) is 9.06. The summed E-state index contributed by atoms with van der Waals surface area (Å²) in [4.78, 5) is 10.9. The molecule has 1 aromatic carbocycles. The summed E-state index contributed by atoms with van der Waals surface area (Å²) in [6.07, 6.45) is 0. The second-order valence-corrected chi connectivity index (χ2v) is 3.82. The molecular weight excluding hydrogens is 178 g/mol. The van der Waals surface area contributed by atoms with Crippen molar-refractivity contribution >= 4 is 11.7 Å². The molecule has 1 aromatic rings. The average molecular weight is 191 g/mol. The van der Waals surface area contributed by atoms with Crippen LogP contribution in [-0.2, 0) is 4.79 Å². The molecule has 0 radical (unpaired) electrons. The molecule has 0 bridgehead atoms. The van der Waals surface area contributed by atoms with E-state index in [-0.39, 0.29) is 5.92 Å². The number of carboxylic acid groups (broad SMARTS) is 1. The zero-order valence-corrected chi connectivity index (χ0v) is 8.29. The van der Waals surface area contributed by atoms with Gasteiger partial charge in [0.2, 0.25) is 0 Å². The van der Waals surface area contributed by atoms with E-state index in [2.05, 4.69) is 11.4 Å². The minimum Gasteiger partial charge on any atom is -0.481 e. The van der Waals surface area contributed by atoms with Gasteiger partial charge in [0.15, 0.2) is 0 Å². The van der Waals surface area contributed by atoms with Crippen LogP contribution in [0.2, 0.25) is 0 Å². The number of aryl methyl sites for hydroxylation is 2. The van der Waals surface area contributed by atoms with Gasteiger partial charge in [-0.2, -0.15) is 0 Å². The first-order valence-corrected chi connectivity index (χ1v) is 4.67. The number of benzene rings is 1. The fraction of sp³-hybridized carbons (Fsp3) is 0.364. The van der Waals surface area contributed by atoms with Gasteiger partial charge >= 0.3 is 5.97 Å². The maximum Gasteiger partial charge on any atom is 0.312 e. The van der Waals surface area contributed by atoms with Crippen LogP contribution in [0.4, 0.5) is 5.69 Å². The zero-order chi connectivity index (χ0) is 10.3. The van der Waals surface area contributed by atoms with E-state index in [1.165, 1.54) is 0 Å². The smallest absolute Gasteiger partial charge is 0.312 e. The third-order valence-corrected chi connectivity index (χ3v) is 2.67. The Labute approximate surface area is 82.8 Å². The highest BCUT2D eigenvalue weighted by Crippen LogP contribution is 2.34. The van der Waals surface area contributed by atoms with Crippen molar-refractivity contribution in [3.05, 3.63) is 28.8 Å². The number of carbonyl (C=O) groups is 1. The minimum atomic E-state index is -0.749. The molecule has 1 atom stereocenters. The molecule has 1 heterocycles. The number of nitrogens with one attached hydrogen (secondary N) is 1. The summed E-state index contributed by atoms with van der Waals surface area (Å²) in [5.41, 5.74) is 4.18. The number of fused-ring (bicyclic) bond motifs is 1. The molecule has 0 fully saturated rings. The molecule has 0 saturated carbocycles. The maximum atomic E-state index is 10.9. The highest BCUT2D eigenvalue weighted by Gasteiger charge is 2.29. The van der Waals surface area contributed by atoms with E-state index in [4.69, 9.17) is 5.11 Å². The predicted octanol–water partition coefficient (Wildman–Crippen LogP) is 1.90. The molecular formula is C11H13NO2. The lowest BCUT2D eigenvalue weighted by molar-refractivity contribution is -0.138. The molecule has 3 heteroatoms. The molecule has 1 aliphatic rings. The highest BCUT2D eigenvalue weighted by atomic mass is 16.4. The van der Waals surface area contributed by atoms with Gasteiger partial charge in [0.05, 0.1) is 0 Å². The third-order valence-electron chi connectivity index (χ3n) is 2.67. The van der Waals surface area contributed by atoms with E-state index in [0.29, 0.717) is 6.54 Å². The van der Waals surface area contributed by atoms with E-state index < -0.39 is 5.97 Å². The SMILES string of the molecule is Cc1cc(C)c2c(c1)C(C(=O)O)CN2. The molecule has 2 N–H and O–H groups in total. The van der Waals surface area contributed by atoms with E-state index in [1.54, 1.807) is 0 Å². The lowest BCUT2D eigenvalue weighted by atomic mass is 9.97. The van der Waals surface area contributed by atoms with E-state index in [9.17, 15) is 4.79 Å². The van der Waals surface area contributed by atoms with Crippen LogP contribution in [0.5, 0.6) is 0 Å². The van der Waals surface area contributed by atoms with Crippen LogP contribution in [0.15, 0.2) is 12.1 Å². The van der Waals surface area contributed by atoms with Crippen LogP contribution in [-0.4, -0.2) is 17.6 Å². The molecule has 1 unspecified atom stereocenters. The lowest BCUT2D eigenvalue weighted by Gasteiger charge is -2.07. The molecule has 0 saturated heterocycles. The molecule has 0 amide bonds. The normalized spacial score (nSPS) is 18.9. The van der Waals surface area contributed by atoms with Crippen LogP contribution < -0.4 is 5.32 Å². The first-order valence-electron chi connectivity index (χ1n) is 4.67. The van der Waals surface area contributed by atoms with Crippen LogP contribution in [0.3, 0.4) is 0 Å². The second-order valence-electron chi connectivity index (χ2n) is 3.82. The van der Waals surface area contributed by atoms with Gasteiger partial charge in [0.1, 0.15) is 5.92 Å². The topological polar surface area (TPSA) is 49.3 Å². The molecule has 74 valence electrons. The van der Waals surface area contributed by atoms with Crippen LogP contribution in [0, 0.1) is 13.8 Å². The summed E-state index contributed by atoms with van der Waals surface area (Å²) in [5.74, 6) is -1.13. The molecule has 0 spiro atoms. The van der Waals surface area contributed by atoms with Crippen molar-refractivity contribution in [1.29, 1.82) is 0 Å². The Bertz CT molecular complexity index is 399. The van der Waals surface area contributed by atoms with Crippen molar-refractivity contribution in [3.63, 3.8) is 0 Å². The Balaban J connectivity index is 2.54. The predicted molar refractivity (Wildman–Crippen MR) is 54.8 cm³/mol. The van der Waals surface area contributed by atoms with E-state index in [0.717, 1.165) is 22.4 Å². The van der Waals surface area contributed by atoms with Crippen molar-refractivity contribution in [3.8, 4) is 0 Å². The summed E-state index contributed by atoms with van der Waals surface area (Å²) in [6.45, 7) is 4.50. The molecule has 2 rings (SSSR count). The molecule has 14 heavy (non-hydrogen) atoms. The number of carboxylic acids is 1. The van der Waals surface area contributed by atoms with Gasteiger partial charge in [-0.3, -0.25) is 4.79 Å². The largest absolute Gasteiger partial charge is 0.481 e. The van der Waals surface area contributed by atoms with Gasteiger partial charge in [-0.15, -0.1) is 0 Å². The maximum absolute atomic E-state index is 10.9. The fourth-order valence-corrected chi connectivity index (χ4v) is 2.05. The first-order chi connectivity index (χ1) is 6.59. The van der Waals surface area contributed by atoms with Crippen molar-refractivity contribution in [2.24, 2.45) is 0 Å². The van der Waals surface area contributed by atoms with Crippen molar-refractivity contribution in [2.45, 2.75) is 19.8 Å². The average Bonchev–Trinajstić information content (AvgIpc) is 2.47. The van der Waals surface area contributed by atoms with Gasteiger partial charge in [0.25, 0.3) is 0 Å². The number of hydrogen-bond donors (Lipinski definition) is 2. The van der Waals surface area contributed by atoms with Crippen molar-refractivity contribution in [2.75, 3.05) is 11.9 Å². The lowest BCUT2D eigenvalue weighted by Crippen LogP contribution is -2.13. The number of anilines is 1. The van der Waals surface area contributed by atoms with E-state index >= 15 is 0 Å². The summed E-state index contributed by atoms with van der Waals surface area (Å²) in [5, 5.41) is 12.1. The summed E-state index contributed by atoms with van der Waals surface area (Å²) >= 11 is 0. The minimum absolute atomic E-state index is 0.386. The molecule has 3 nitrogen and oxygen atoms in total. The van der Waals surface area contributed by atoms with Gasteiger partial charge in [-0.1, -0.05) is 17.7 Å². The number of hydrogen-bond acceptors (Lipinski definition) is 2. The van der Waals surface area contributed by atoms with Crippen molar-refractivity contribution in [1.82, 2.24) is 0 Å². The van der Waals surface area contributed by atoms with Gasteiger partial charge in [0, 0.05) is 12.2 Å². The molecule has 0 aliphatic carbocycles. The second kappa shape index (κ2) is 3.01. The van der Waals surface area contributed by atoms with Gasteiger partial charge in [-0.25, -0.2) is 0 Å². The highest BCUT2D eigenvalue weighted by molar-refractivity contribution is 5.83. The van der Waals surface area contributed by atoms with E-state index in [1.807, 2.05) is 19.9 Å². The Morgan fingerprint density at radius 2 is 2.21 bits per heavy atom. The number of aliphatic carboxylic acids is 1. The Kier molecular flexibility index (Phi) is 1.95. The third kappa shape index (κ3) is 1.25. The monoisotopic (exact) mass is 191 g/mol. The molecule has 1 aliphatic heterocycles. The summed E-state index contributed by atoms with van der Waals surface area (Å²) < 4.78 is 0. The van der Waals surface area contributed by atoms with Crippen molar-refractivity contribution < 1.29 is 9.90 Å². The quantitative estimate of drug-likeness (QED) is 0.712. The van der Waals surface area contributed by atoms with Gasteiger partial charge in [-0.05, 0) is 25.0 Å². The summed E-state index contributed by atoms with van der Waals surface area (Å²) in [6, 6.07) is 4.02. The van der Waals surface area contributed by atoms with Gasteiger partial charge < -0.3 is 10.4 Å². The fourth-order valence-electron chi connectivity index (χ4n) is 2.05. The summed E-state index contributed by atoms with van der Waals surface area (Å²) in [7, 11) is 0. The molecule has 0 aromatic heterocycles. The Morgan fingerprint density at radius 3 is 2.86 bits per heavy atom. The Morgan fingerprint density at radius 1 is 1.50 bits per heavy atom. The Hall–Kier alpha value is -1.51. The van der Waals surface area contributed by atoms with Crippen LogP contribution in [0.25, 0.3) is 0 Å². The zero-order valence-electron chi connectivity index (χ0n) is 8.29. The van der Waals surface area contributed by atoms with Crippen LogP contribution >= 0.6 is 0 Å². The van der Waals surface area contributed by atoms with Crippen LogP contribution in [0.1, 0.15) is 22.6 Å². The number of rotatable bonds is 1.